The highest BCUT2D eigenvalue weighted by Gasteiger charge is 2.20. The lowest BCUT2D eigenvalue weighted by atomic mass is 10.1. The number of nitrogens with one attached hydrogen (secondary N) is 1. The van der Waals surface area contributed by atoms with Gasteiger partial charge in [0.15, 0.2) is 11.0 Å². The van der Waals surface area contributed by atoms with Crippen LogP contribution in [0.3, 0.4) is 0 Å². The summed E-state index contributed by atoms with van der Waals surface area (Å²) in [6.07, 6.45) is 0. The highest BCUT2D eigenvalue weighted by Crippen LogP contribution is 2.33. The number of rotatable bonds is 8. The van der Waals surface area contributed by atoms with Crippen LogP contribution in [0.25, 0.3) is 16.4 Å². The number of hydrogen-bond donors (Lipinski definition) is 1. The first-order valence-electron chi connectivity index (χ1n) is 9.06. The van der Waals surface area contributed by atoms with E-state index in [4.69, 9.17) is 4.74 Å². The van der Waals surface area contributed by atoms with Crippen LogP contribution in [0.2, 0.25) is 0 Å². The molecule has 3 rings (SSSR count). The molecule has 0 spiro atoms. The first-order chi connectivity index (χ1) is 13.5. The third kappa shape index (κ3) is 4.56. The second kappa shape index (κ2) is 9.25. The van der Waals surface area contributed by atoms with Crippen LogP contribution in [-0.2, 0) is 4.79 Å². The number of nitrogens with zero attached hydrogens (tertiary/aromatic N) is 3. The van der Waals surface area contributed by atoms with E-state index in [1.54, 1.807) is 18.4 Å². The number of ether oxygens (including phenoxy) is 1. The van der Waals surface area contributed by atoms with Crippen LogP contribution in [0.1, 0.15) is 20.8 Å². The predicted octanol–water partition coefficient (Wildman–Crippen LogP) is 4.26. The number of methoxy groups -OCH3 is 1. The number of aromatic nitrogens is 3. The Morgan fingerprint density at radius 2 is 2.00 bits per heavy atom. The molecular weight excluding hydrogens is 392 g/mol. The summed E-state index contributed by atoms with van der Waals surface area (Å²) in [5, 5.41) is 14.4. The number of benzene rings is 1. The topological polar surface area (TPSA) is 69.0 Å². The van der Waals surface area contributed by atoms with Gasteiger partial charge in [0.05, 0.1) is 23.4 Å². The van der Waals surface area contributed by atoms with Gasteiger partial charge in [-0.05, 0) is 36.4 Å². The largest absolute Gasteiger partial charge is 0.495 e. The summed E-state index contributed by atoms with van der Waals surface area (Å²) in [7, 11) is 1.64. The molecular formula is C20H24N4O2S2. The maximum Gasteiger partial charge on any atom is 0.230 e. The molecule has 0 bridgehead atoms. The van der Waals surface area contributed by atoms with Crippen LogP contribution in [0.5, 0.6) is 5.75 Å². The third-order valence-corrected chi connectivity index (χ3v) is 6.22. The molecule has 1 aromatic carbocycles. The van der Waals surface area contributed by atoms with Gasteiger partial charge in [0, 0.05) is 6.04 Å². The van der Waals surface area contributed by atoms with E-state index in [-0.39, 0.29) is 17.7 Å². The number of para-hydroxylation sites is 2. The Balaban J connectivity index is 1.91. The zero-order chi connectivity index (χ0) is 20.1. The summed E-state index contributed by atoms with van der Waals surface area (Å²) in [5.74, 6) is 2.10. The first-order valence-corrected chi connectivity index (χ1v) is 10.9. The number of thiophene rings is 1. The highest BCUT2D eigenvalue weighted by molar-refractivity contribution is 7.99. The minimum absolute atomic E-state index is 0.0153. The second-order valence-corrected chi connectivity index (χ2v) is 8.57. The van der Waals surface area contributed by atoms with E-state index in [1.807, 2.05) is 53.3 Å². The smallest absolute Gasteiger partial charge is 0.230 e. The number of hydrogen-bond acceptors (Lipinski definition) is 6. The molecule has 6 nitrogen and oxygen atoms in total. The molecule has 2 heterocycles. The summed E-state index contributed by atoms with van der Waals surface area (Å²) in [4.78, 5) is 13.3. The molecule has 0 aliphatic rings. The summed E-state index contributed by atoms with van der Waals surface area (Å²) < 4.78 is 7.49. The van der Waals surface area contributed by atoms with Crippen molar-refractivity contribution < 1.29 is 9.53 Å². The zero-order valence-electron chi connectivity index (χ0n) is 16.4. The molecule has 1 amide bonds. The first kappa shape index (κ1) is 20.4. The Hall–Kier alpha value is -2.32. The van der Waals surface area contributed by atoms with Gasteiger partial charge in [-0.15, -0.1) is 21.5 Å². The van der Waals surface area contributed by atoms with Crippen molar-refractivity contribution in [1.29, 1.82) is 0 Å². The van der Waals surface area contributed by atoms with Crippen molar-refractivity contribution >= 4 is 29.0 Å². The van der Waals surface area contributed by atoms with Gasteiger partial charge in [0.2, 0.25) is 5.91 Å². The Bertz CT molecular complexity index is 922. The van der Waals surface area contributed by atoms with Gasteiger partial charge in [-0.2, -0.15) is 0 Å². The van der Waals surface area contributed by atoms with Crippen molar-refractivity contribution in [2.75, 3.05) is 12.9 Å². The van der Waals surface area contributed by atoms with Crippen molar-refractivity contribution in [2.24, 2.45) is 5.92 Å². The fourth-order valence-electron chi connectivity index (χ4n) is 2.55. The number of amides is 1. The molecule has 1 N–H and O–H groups in total. The average Bonchev–Trinajstić information content (AvgIpc) is 3.35. The molecule has 3 aromatic rings. The van der Waals surface area contributed by atoms with E-state index in [0.717, 1.165) is 22.1 Å². The summed E-state index contributed by atoms with van der Waals surface area (Å²) in [5.41, 5.74) is 0.844. The van der Waals surface area contributed by atoms with Crippen LogP contribution in [0, 0.1) is 5.92 Å². The lowest BCUT2D eigenvalue weighted by Gasteiger charge is -2.17. The molecule has 0 fully saturated rings. The van der Waals surface area contributed by atoms with E-state index in [1.165, 1.54) is 11.8 Å². The minimum Gasteiger partial charge on any atom is -0.495 e. The van der Waals surface area contributed by atoms with Crippen LogP contribution in [-0.4, -0.2) is 39.6 Å². The monoisotopic (exact) mass is 416 g/mol. The molecule has 0 aliphatic heterocycles. The molecule has 1 unspecified atom stereocenters. The quantitative estimate of drug-likeness (QED) is 0.556. The van der Waals surface area contributed by atoms with Crippen LogP contribution >= 0.6 is 23.1 Å². The predicted molar refractivity (Wildman–Crippen MR) is 114 cm³/mol. The van der Waals surface area contributed by atoms with E-state index >= 15 is 0 Å². The Morgan fingerprint density at radius 1 is 1.21 bits per heavy atom. The standard InChI is InChI=1S/C20H24N4O2S2/c1-13(2)14(3)21-18(25)12-28-20-23-22-19(17-10-7-11-27-17)24(20)15-8-5-6-9-16(15)26-4/h5-11,13-14H,12H2,1-4H3,(H,21,25). The van der Waals surface area contributed by atoms with E-state index in [2.05, 4.69) is 29.4 Å². The molecule has 2 aromatic heterocycles. The van der Waals surface area contributed by atoms with Crippen LogP contribution in [0.4, 0.5) is 0 Å². The van der Waals surface area contributed by atoms with Gasteiger partial charge in [-0.25, -0.2) is 0 Å². The van der Waals surface area contributed by atoms with Gasteiger partial charge < -0.3 is 10.1 Å². The Morgan fingerprint density at radius 3 is 2.68 bits per heavy atom. The summed E-state index contributed by atoms with van der Waals surface area (Å²) in [6.45, 7) is 6.19. The van der Waals surface area contributed by atoms with Crippen LogP contribution < -0.4 is 10.1 Å². The van der Waals surface area contributed by atoms with Gasteiger partial charge >= 0.3 is 0 Å². The molecule has 1 atom stereocenters. The number of carbonyl (C=O) groups excluding carboxylic acids is 1. The number of thioether (sulfide) groups is 1. The van der Waals surface area contributed by atoms with E-state index in [9.17, 15) is 4.79 Å². The van der Waals surface area contributed by atoms with Crippen molar-refractivity contribution in [2.45, 2.75) is 32.0 Å². The normalized spacial score (nSPS) is 12.2. The summed E-state index contributed by atoms with van der Waals surface area (Å²) >= 11 is 2.96. The van der Waals surface area contributed by atoms with Crippen molar-refractivity contribution in [3.63, 3.8) is 0 Å². The fourth-order valence-corrected chi connectivity index (χ4v) is 4.01. The summed E-state index contributed by atoms with van der Waals surface area (Å²) in [6, 6.07) is 11.8. The molecule has 0 saturated heterocycles. The maximum absolute atomic E-state index is 12.3. The van der Waals surface area contributed by atoms with Gasteiger partial charge in [-0.3, -0.25) is 9.36 Å². The van der Waals surface area contributed by atoms with Gasteiger partial charge in [0.25, 0.3) is 0 Å². The van der Waals surface area contributed by atoms with Gasteiger partial charge in [0.1, 0.15) is 5.75 Å². The number of carbonyl (C=O) groups is 1. The van der Waals surface area contributed by atoms with E-state index < -0.39 is 0 Å². The molecule has 8 heteroatoms. The molecule has 0 aliphatic carbocycles. The highest BCUT2D eigenvalue weighted by atomic mass is 32.2. The minimum atomic E-state index is -0.0153. The van der Waals surface area contributed by atoms with Crippen LogP contribution in [0.15, 0.2) is 46.9 Å². The molecule has 28 heavy (non-hydrogen) atoms. The average molecular weight is 417 g/mol. The van der Waals surface area contributed by atoms with Crippen molar-refractivity contribution in [3.05, 3.63) is 41.8 Å². The Kier molecular flexibility index (Phi) is 6.74. The maximum atomic E-state index is 12.3. The molecule has 0 radical (unpaired) electrons. The third-order valence-electron chi connectivity index (χ3n) is 4.42. The Labute approximate surface area is 173 Å². The van der Waals surface area contributed by atoms with Crippen molar-refractivity contribution in [3.8, 4) is 22.1 Å². The SMILES string of the molecule is COc1ccccc1-n1c(SCC(=O)NC(C)C(C)C)nnc1-c1cccs1. The van der Waals surface area contributed by atoms with Crippen molar-refractivity contribution in [1.82, 2.24) is 20.1 Å². The fraction of sp³-hybridized carbons (Fsp3) is 0.350. The molecule has 0 saturated carbocycles. The lowest BCUT2D eigenvalue weighted by molar-refractivity contribution is -0.119. The zero-order valence-corrected chi connectivity index (χ0v) is 18.0. The lowest BCUT2D eigenvalue weighted by Crippen LogP contribution is -2.37. The molecule has 148 valence electrons. The second-order valence-electron chi connectivity index (χ2n) is 6.68. The van der Waals surface area contributed by atoms with E-state index in [0.29, 0.717) is 11.1 Å². The van der Waals surface area contributed by atoms with Gasteiger partial charge in [-0.1, -0.05) is 43.8 Å².